The van der Waals surface area contributed by atoms with Crippen LogP contribution in [0.3, 0.4) is 0 Å². The van der Waals surface area contributed by atoms with Crippen molar-refractivity contribution in [2.24, 2.45) is 0 Å². The number of aryl methyl sites for hydroxylation is 1. The molecule has 0 fully saturated rings. The van der Waals surface area contributed by atoms with E-state index in [1.165, 1.54) is 11.3 Å². The second-order valence-corrected chi connectivity index (χ2v) is 8.85. The number of thiazole rings is 1. The minimum Gasteiger partial charge on any atom is -0.306 e. The number of nitrogens with zero attached hydrogens (tertiary/aromatic N) is 2. The molecular formula is C17H13ClN2OS3. The van der Waals surface area contributed by atoms with Crippen LogP contribution in [0.1, 0.15) is 15.4 Å². The Hall–Kier alpha value is -1.34. The van der Waals surface area contributed by atoms with Gasteiger partial charge in [0.2, 0.25) is 0 Å². The fourth-order valence-electron chi connectivity index (χ4n) is 2.62. The Balaban J connectivity index is 1.72. The van der Waals surface area contributed by atoms with E-state index in [1.807, 2.05) is 47.5 Å². The summed E-state index contributed by atoms with van der Waals surface area (Å²) in [5, 5.41) is 3.58. The van der Waals surface area contributed by atoms with Crippen LogP contribution in [0.5, 0.6) is 0 Å². The van der Waals surface area contributed by atoms with Gasteiger partial charge in [-0.05, 0) is 36.6 Å². The van der Waals surface area contributed by atoms with Crippen molar-refractivity contribution >= 4 is 57.6 Å². The molecule has 122 valence electrons. The van der Waals surface area contributed by atoms with Gasteiger partial charge in [0.15, 0.2) is 0 Å². The number of halogens is 1. The van der Waals surface area contributed by atoms with Crippen LogP contribution in [0.25, 0.3) is 9.88 Å². The van der Waals surface area contributed by atoms with Gasteiger partial charge in [-0.2, -0.15) is 0 Å². The Morgan fingerprint density at radius 2 is 2.21 bits per heavy atom. The molecular weight excluding hydrogens is 380 g/mol. The molecule has 24 heavy (non-hydrogen) atoms. The lowest BCUT2D eigenvalue weighted by molar-refractivity contribution is 0.0991. The van der Waals surface area contributed by atoms with Crippen molar-refractivity contribution in [2.75, 3.05) is 17.2 Å². The highest BCUT2D eigenvalue weighted by atomic mass is 35.5. The molecule has 0 radical (unpaired) electrons. The molecule has 0 saturated heterocycles. The molecule has 3 heterocycles. The molecule has 2 aromatic heterocycles. The van der Waals surface area contributed by atoms with E-state index in [9.17, 15) is 4.79 Å². The average Bonchev–Trinajstić information content (AvgIpc) is 3.23. The van der Waals surface area contributed by atoms with E-state index in [0.29, 0.717) is 16.4 Å². The lowest BCUT2D eigenvalue weighted by Crippen LogP contribution is -2.35. The van der Waals surface area contributed by atoms with Crippen LogP contribution in [0, 0.1) is 6.92 Å². The standard InChI is InChI=1S/C17H13ClN2OS3/c1-10-15(24-16(19-10)14-3-2-7-22-14)17(21)20-6-8-23-13-5-4-11(18)9-12(13)20/h2-5,7,9H,6,8H2,1H3. The number of hydrogen-bond donors (Lipinski definition) is 0. The van der Waals surface area contributed by atoms with E-state index < -0.39 is 0 Å². The molecule has 0 bridgehead atoms. The molecule has 3 aromatic rings. The summed E-state index contributed by atoms with van der Waals surface area (Å²) in [5.41, 5.74) is 1.68. The van der Waals surface area contributed by atoms with E-state index in [0.717, 1.165) is 31.9 Å². The van der Waals surface area contributed by atoms with Crippen molar-refractivity contribution < 1.29 is 4.79 Å². The second-order valence-electron chi connectivity index (χ2n) is 5.33. The molecule has 7 heteroatoms. The number of fused-ring (bicyclic) bond motifs is 1. The SMILES string of the molecule is Cc1nc(-c2cccs2)sc1C(=O)N1CCSc2ccc(Cl)cc21. The molecule has 3 nitrogen and oxygen atoms in total. The van der Waals surface area contributed by atoms with Gasteiger partial charge in [-0.25, -0.2) is 4.98 Å². The maximum Gasteiger partial charge on any atom is 0.270 e. The van der Waals surface area contributed by atoms with Crippen molar-refractivity contribution in [1.29, 1.82) is 0 Å². The minimum atomic E-state index is 0.0108. The number of anilines is 1. The van der Waals surface area contributed by atoms with E-state index in [1.54, 1.807) is 23.1 Å². The molecule has 0 atom stereocenters. The third-order valence-corrected chi connectivity index (χ3v) is 7.21. The van der Waals surface area contributed by atoms with Crippen LogP contribution in [0.4, 0.5) is 5.69 Å². The summed E-state index contributed by atoms with van der Waals surface area (Å²) in [7, 11) is 0. The van der Waals surface area contributed by atoms with Crippen molar-refractivity contribution in [2.45, 2.75) is 11.8 Å². The molecule has 4 rings (SSSR count). The molecule has 1 aromatic carbocycles. The zero-order valence-electron chi connectivity index (χ0n) is 12.8. The smallest absolute Gasteiger partial charge is 0.270 e. The summed E-state index contributed by atoms with van der Waals surface area (Å²) in [4.78, 5) is 22.4. The third kappa shape index (κ3) is 2.88. The number of thioether (sulfide) groups is 1. The maximum absolute atomic E-state index is 13.1. The predicted molar refractivity (Wildman–Crippen MR) is 104 cm³/mol. The van der Waals surface area contributed by atoms with E-state index in [-0.39, 0.29) is 5.91 Å². The van der Waals surface area contributed by atoms with Gasteiger partial charge in [-0.1, -0.05) is 17.7 Å². The van der Waals surface area contributed by atoms with E-state index in [2.05, 4.69) is 4.98 Å². The third-order valence-electron chi connectivity index (χ3n) is 3.75. The van der Waals surface area contributed by atoms with Crippen LogP contribution in [-0.2, 0) is 0 Å². The van der Waals surface area contributed by atoms with Gasteiger partial charge in [-0.15, -0.1) is 34.4 Å². The molecule has 0 spiro atoms. The van der Waals surface area contributed by atoms with Crippen molar-refractivity contribution in [1.82, 2.24) is 4.98 Å². The van der Waals surface area contributed by atoms with Crippen molar-refractivity contribution in [3.63, 3.8) is 0 Å². The van der Waals surface area contributed by atoms with E-state index in [4.69, 9.17) is 11.6 Å². The monoisotopic (exact) mass is 392 g/mol. The first-order valence-electron chi connectivity index (χ1n) is 7.39. The summed E-state index contributed by atoms with van der Waals surface area (Å²) >= 11 is 11.0. The molecule has 0 aliphatic carbocycles. The number of benzene rings is 1. The van der Waals surface area contributed by atoms with Gasteiger partial charge in [-0.3, -0.25) is 4.79 Å². The molecule has 1 aliphatic rings. The lowest BCUT2D eigenvalue weighted by atomic mass is 10.2. The van der Waals surface area contributed by atoms with Gasteiger partial charge in [0.1, 0.15) is 9.88 Å². The van der Waals surface area contributed by atoms with Gasteiger partial charge in [0.05, 0.1) is 16.3 Å². The molecule has 1 amide bonds. The average molecular weight is 393 g/mol. The largest absolute Gasteiger partial charge is 0.306 e. The Bertz CT molecular complexity index is 905. The summed E-state index contributed by atoms with van der Waals surface area (Å²) in [6, 6.07) is 9.76. The fraction of sp³-hybridized carbons (Fsp3) is 0.176. The number of hydrogen-bond acceptors (Lipinski definition) is 5. The molecule has 0 N–H and O–H groups in total. The van der Waals surface area contributed by atoms with Crippen molar-refractivity contribution in [3.8, 4) is 9.88 Å². The molecule has 0 saturated carbocycles. The number of thiophene rings is 1. The second kappa shape index (κ2) is 6.52. The van der Waals surface area contributed by atoms with Crippen LogP contribution in [-0.4, -0.2) is 23.2 Å². The number of amides is 1. The zero-order chi connectivity index (χ0) is 16.7. The van der Waals surface area contributed by atoms with Crippen LogP contribution in [0.15, 0.2) is 40.6 Å². The highest BCUT2D eigenvalue weighted by Crippen LogP contribution is 2.39. The summed E-state index contributed by atoms with van der Waals surface area (Å²) in [6.45, 7) is 2.58. The fourth-order valence-corrected chi connectivity index (χ4v) is 5.58. The van der Waals surface area contributed by atoms with Crippen LogP contribution in [0.2, 0.25) is 5.02 Å². The summed E-state index contributed by atoms with van der Waals surface area (Å²) in [6.07, 6.45) is 0. The van der Waals surface area contributed by atoms with E-state index >= 15 is 0 Å². The van der Waals surface area contributed by atoms with Crippen molar-refractivity contribution in [3.05, 3.63) is 51.3 Å². The Labute approximate surface area is 157 Å². The van der Waals surface area contributed by atoms with Crippen LogP contribution >= 0.6 is 46.0 Å². The lowest BCUT2D eigenvalue weighted by Gasteiger charge is -2.28. The number of aromatic nitrogens is 1. The highest BCUT2D eigenvalue weighted by molar-refractivity contribution is 7.99. The Kier molecular flexibility index (Phi) is 4.39. The predicted octanol–water partition coefficient (Wildman–Crippen LogP) is 5.59. The Morgan fingerprint density at radius 1 is 1.33 bits per heavy atom. The first-order valence-corrected chi connectivity index (χ1v) is 10.4. The summed E-state index contributed by atoms with van der Waals surface area (Å²) < 4.78 is 0. The maximum atomic E-state index is 13.1. The normalized spacial score (nSPS) is 13.8. The summed E-state index contributed by atoms with van der Waals surface area (Å²) in [5.74, 6) is 0.896. The van der Waals surface area contributed by atoms with Gasteiger partial charge in [0.25, 0.3) is 5.91 Å². The first-order chi connectivity index (χ1) is 11.6. The first kappa shape index (κ1) is 16.1. The van der Waals surface area contributed by atoms with Gasteiger partial charge >= 0.3 is 0 Å². The number of carbonyl (C=O) groups is 1. The topological polar surface area (TPSA) is 33.2 Å². The number of rotatable bonds is 2. The minimum absolute atomic E-state index is 0.0108. The molecule has 0 unspecified atom stereocenters. The molecule has 1 aliphatic heterocycles. The van der Waals surface area contributed by atoms with Gasteiger partial charge < -0.3 is 4.90 Å². The highest BCUT2D eigenvalue weighted by Gasteiger charge is 2.27. The quantitative estimate of drug-likeness (QED) is 0.570. The zero-order valence-corrected chi connectivity index (χ0v) is 16.0. The Morgan fingerprint density at radius 3 is 3.00 bits per heavy atom. The van der Waals surface area contributed by atoms with Crippen LogP contribution < -0.4 is 4.90 Å². The number of carbonyl (C=O) groups excluding carboxylic acids is 1. The van der Waals surface area contributed by atoms with Gasteiger partial charge in [0, 0.05) is 22.2 Å².